The van der Waals surface area contributed by atoms with Crippen LogP contribution in [0.3, 0.4) is 0 Å². The van der Waals surface area contributed by atoms with E-state index in [9.17, 15) is 24.3 Å². The smallest absolute Gasteiger partial charge is 0.480 e. The summed E-state index contributed by atoms with van der Waals surface area (Å²) in [5.74, 6) is -1.68. The quantitative estimate of drug-likeness (QED) is 0.112. The summed E-state index contributed by atoms with van der Waals surface area (Å²) in [6.45, 7) is 7.87. The van der Waals surface area contributed by atoms with Crippen LogP contribution < -0.4 is 14.8 Å². The molecule has 0 aliphatic carbocycles. The molecule has 1 aromatic carbocycles. The molecule has 38 heavy (non-hydrogen) atoms. The Hall–Kier alpha value is -3.34. The van der Waals surface area contributed by atoms with Gasteiger partial charge in [0.05, 0.1) is 13.2 Å². The highest BCUT2D eigenvalue weighted by molar-refractivity contribution is 5.74. The zero-order valence-electron chi connectivity index (χ0n) is 22.8. The van der Waals surface area contributed by atoms with E-state index in [2.05, 4.69) is 5.32 Å². The standard InChI is InChI=1S/C27H41NO10/c1-5-8-10-14-34-26(32)37-22-13-12-20(17-23(22)38-27(33)35-15-11-9-6-2)16-21(25(30)31)28-18-19(4)36-24(29)7-3/h12-13,17,19,21,28H,5-11,14-16,18H2,1-4H3,(H,30,31)/t19?,21-/m0/s1. The van der Waals surface area contributed by atoms with E-state index in [0.29, 0.717) is 18.4 Å². The van der Waals surface area contributed by atoms with Crippen LogP contribution in [0.1, 0.15) is 78.2 Å². The zero-order chi connectivity index (χ0) is 28.3. The van der Waals surface area contributed by atoms with E-state index in [0.717, 1.165) is 25.7 Å². The molecule has 0 bridgehead atoms. The van der Waals surface area contributed by atoms with Gasteiger partial charge in [-0.2, -0.15) is 0 Å². The van der Waals surface area contributed by atoms with Gasteiger partial charge in [0, 0.05) is 13.0 Å². The number of aliphatic carboxylic acids is 1. The minimum Gasteiger partial charge on any atom is -0.480 e. The topological polar surface area (TPSA) is 147 Å². The molecular weight excluding hydrogens is 498 g/mol. The van der Waals surface area contributed by atoms with Crippen LogP contribution in [0.2, 0.25) is 0 Å². The van der Waals surface area contributed by atoms with Gasteiger partial charge in [-0.25, -0.2) is 9.59 Å². The van der Waals surface area contributed by atoms with E-state index >= 15 is 0 Å². The van der Waals surface area contributed by atoms with Gasteiger partial charge in [0.1, 0.15) is 12.1 Å². The largest absolute Gasteiger partial charge is 0.513 e. The lowest BCUT2D eigenvalue weighted by molar-refractivity contribution is -0.147. The first-order valence-electron chi connectivity index (χ1n) is 13.2. The van der Waals surface area contributed by atoms with Crippen molar-refractivity contribution >= 4 is 24.2 Å². The first-order chi connectivity index (χ1) is 18.2. The number of carboxylic acid groups (broad SMARTS) is 1. The van der Waals surface area contributed by atoms with Crippen molar-refractivity contribution in [2.75, 3.05) is 19.8 Å². The average Bonchev–Trinajstić information content (AvgIpc) is 2.88. The molecule has 214 valence electrons. The average molecular weight is 540 g/mol. The number of hydrogen-bond acceptors (Lipinski definition) is 10. The van der Waals surface area contributed by atoms with Crippen LogP contribution in [-0.2, 0) is 30.2 Å². The van der Waals surface area contributed by atoms with Crippen molar-refractivity contribution in [2.45, 2.75) is 91.2 Å². The van der Waals surface area contributed by atoms with E-state index in [1.165, 1.54) is 12.1 Å². The second-order valence-electron chi connectivity index (χ2n) is 8.75. The fraction of sp³-hybridized carbons (Fsp3) is 0.630. The highest BCUT2D eigenvalue weighted by atomic mass is 16.7. The van der Waals surface area contributed by atoms with Crippen molar-refractivity contribution in [2.24, 2.45) is 0 Å². The SMILES string of the molecule is CCCCCOC(=O)Oc1ccc(C[C@H](NCC(C)OC(=O)CC)C(=O)O)cc1OC(=O)OCCCCC. The molecule has 0 heterocycles. The van der Waals surface area contributed by atoms with Gasteiger partial charge in [-0.15, -0.1) is 0 Å². The fourth-order valence-corrected chi connectivity index (χ4v) is 3.24. The highest BCUT2D eigenvalue weighted by Gasteiger charge is 2.22. The van der Waals surface area contributed by atoms with Crippen molar-refractivity contribution in [3.63, 3.8) is 0 Å². The predicted octanol–water partition coefficient (Wildman–Crippen LogP) is 5.02. The summed E-state index contributed by atoms with van der Waals surface area (Å²) in [6, 6.07) is 3.33. The lowest BCUT2D eigenvalue weighted by Gasteiger charge is -2.19. The molecule has 0 spiro atoms. The van der Waals surface area contributed by atoms with Crippen molar-refractivity contribution in [3.05, 3.63) is 23.8 Å². The minimum atomic E-state index is -1.12. The Morgan fingerprint density at radius 1 is 0.868 bits per heavy atom. The van der Waals surface area contributed by atoms with Gasteiger partial charge in [-0.3, -0.25) is 9.59 Å². The fourth-order valence-electron chi connectivity index (χ4n) is 3.24. The van der Waals surface area contributed by atoms with Crippen LogP contribution in [0.15, 0.2) is 18.2 Å². The summed E-state index contributed by atoms with van der Waals surface area (Å²) in [7, 11) is 0. The van der Waals surface area contributed by atoms with Crippen LogP contribution >= 0.6 is 0 Å². The molecule has 1 rings (SSSR count). The van der Waals surface area contributed by atoms with Gasteiger partial charge in [-0.1, -0.05) is 52.5 Å². The Bertz CT molecular complexity index is 889. The summed E-state index contributed by atoms with van der Waals surface area (Å²) >= 11 is 0. The molecular formula is C27H41NO10. The summed E-state index contributed by atoms with van der Waals surface area (Å²) in [5, 5.41) is 12.5. The van der Waals surface area contributed by atoms with Crippen molar-refractivity contribution in [1.82, 2.24) is 5.32 Å². The number of unbranched alkanes of at least 4 members (excludes halogenated alkanes) is 4. The molecule has 0 radical (unpaired) electrons. The number of ether oxygens (including phenoxy) is 5. The van der Waals surface area contributed by atoms with E-state index < -0.39 is 30.4 Å². The van der Waals surface area contributed by atoms with E-state index in [1.807, 2.05) is 13.8 Å². The van der Waals surface area contributed by atoms with Crippen molar-refractivity contribution in [1.29, 1.82) is 0 Å². The lowest BCUT2D eigenvalue weighted by atomic mass is 10.0. The van der Waals surface area contributed by atoms with Gasteiger partial charge >= 0.3 is 24.2 Å². The third-order valence-electron chi connectivity index (χ3n) is 5.34. The number of carbonyl (C=O) groups is 4. The summed E-state index contributed by atoms with van der Waals surface area (Å²) in [5.41, 5.74) is 0.487. The Morgan fingerprint density at radius 2 is 1.45 bits per heavy atom. The molecule has 0 aliphatic rings. The van der Waals surface area contributed by atoms with Crippen LogP contribution in [-0.4, -0.2) is 61.3 Å². The van der Waals surface area contributed by atoms with Crippen molar-refractivity contribution in [3.8, 4) is 11.5 Å². The summed E-state index contributed by atoms with van der Waals surface area (Å²) in [4.78, 5) is 47.6. The molecule has 1 aromatic rings. The van der Waals surface area contributed by atoms with E-state index in [4.69, 9.17) is 23.7 Å². The Kier molecular flexibility index (Phi) is 16.2. The molecule has 0 aromatic heterocycles. The number of nitrogens with one attached hydrogen (secondary N) is 1. The molecule has 2 atom stereocenters. The Balaban J connectivity index is 2.96. The minimum absolute atomic E-state index is 0.00737. The highest BCUT2D eigenvalue weighted by Crippen LogP contribution is 2.30. The van der Waals surface area contributed by atoms with Crippen LogP contribution in [0.25, 0.3) is 0 Å². The normalized spacial score (nSPS) is 12.2. The van der Waals surface area contributed by atoms with E-state index in [-0.39, 0.29) is 50.1 Å². The molecule has 0 saturated carbocycles. The predicted molar refractivity (Wildman–Crippen MR) is 138 cm³/mol. The summed E-state index contributed by atoms with van der Waals surface area (Å²) in [6.07, 6.45) is 2.86. The second kappa shape index (κ2) is 18.8. The van der Waals surface area contributed by atoms with Crippen LogP contribution in [0, 0.1) is 0 Å². The van der Waals surface area contributed by atoms with E-state index in [1.54, 1.807) is 19.9 Å². The molecule has 11 heteroatoms. The summed E-state index contributed by atoms with van der Waals surface area (Å²) < 4.78 is 25.8. The molecule has 0 aliphatic heterocycles. The number of benzene rings is 1. The Labute approximate surface area is 224 Å². The van der Waals surface area contributed by atoms with Gasteiger partial charge < -0.3 is 34.1 Å². The van der Waals surface area contributed by atoms with Crippen LogP contribution in [0.4, 0.5) is 9.59 Å². The van der Waals surface area contributed by atoms with Gasteiger partial charge in [0.2, 0.25) is 0 Å². The van der Waals surface area contributed by atoms with Crippen molar-refractivity contribution < 1.29 is 48.0 Å². The molecule has 0 saturated heterocycles. The first-order valence-corrected chi connectivity index (χ1v) is 13.2. The number of hydrogen-bond donors (Lipinski definition) is 2. The molecule has 0 amide bonds. The number of esters is 1. The first kappa shape index (κ1) is 32.7. The second-order valence-corrected chi connectivity index (χ2v) is 8.75. The molecule has 11 nitrogen and oxygen atoms in total. The van der Waals surface area contributed by atoms with Gasteiger partial charge in [0.25, 0.3) is 0 Å². The van der Waals surface area contributed by atoms with Gasteiger partial charge in [-0.05, 0) is 43.9 Å². The molecule has 0 fully saturated rings. The molecule has 1 unspecified atom stereocenters. The Morgan fingerprint density at radius 3 is 1.97 bits per heavy atom. The third-order valence-corrected chi connectivity index (χ3v) is 5.34. The maximum atomic E-state index is 12.2. The zero-order valence-corrected chi connectivity index (χ0v) is 22.8. The van der Waals surface area contributed by atoms with Crippen LogP contribution in [0.5, 0.6) is 11.5 Å². The maximum Gasteiger partial charge on any atom is 0.513 e. The molecule has 2 N–H and O–H groups in total. The van der Waals surface area contributed by atoms with Gasteiger partial charge in [0.15, 0.2) is 11.5 Å². The monoisotopic (exact) mass is 539 g/mol. The number of rotatable bonds is 18. The number of carboxylic acids is 1. The number of carbonyl (C=O) groups excluding carboxylic acids is 3. The lowest BCUT2D eigenvalue weighted by Crippen LogP contribution is -2.42. The maximum absolute atomic E-state index is 12.2. The third kappa shape index (κ3) is 13.8.